The van der Waals surface area contributed by atoms with Crippen molar-refractivity contribution in [2.75, 3.05) is 18.8 Å². The number of aliphatic carboxylic acids is 1. The number of carbonyl (C=O) groups is 2. The van der Waals surface area contributed by atoms with Gasteiger partial charge in [-0.1, -0.05) is 27.7 Å². The Labute approximate surface area is 125 Å². The fourth-order valence-corrected chi connectivity index (χ4v) is 3.26. The van der Waals surface area contributed by atoms with Crippen molar-refractivity contribution < 1.29 is 14.7 Å². The summed E-state index contributed by atoms with van der Waals surface area (Å²) in [7, 11) is 0. The van der Waals surface area contributed by atoms with Gasteiger partial charge >= 0.3 is 12.0 Å². The Hall–Kier alpha value is -0.910. The van der Waals surface area contributed by atoms with Crippen LogP contribution in [-0.4, -0.2) is 51.6 Å². The molecule has 0 unspecified atom stereocenters. The first-order valence-electron chi connectivity index (χ1n) is 7.13. The minimum atomic E-state index is -0.962. The number of carboxylic acids is 1. The van der Waals surface area contributed by atoms with E-state index in [0.717, 1.165) is 12.2 Å². The SMILES string of the molecule is CC(C)C[C@@H](NC(=O)N1CCSC(C)(C)CC1)C(=O)O. The molecule has 0 spiro atoms. The number of carboxylic acid groups (broad SMARTS) is 1. The standard InChI is InChI=1S/C14H26N2O3S/c1-10(2)9-11(12(17)18)15-13(19)16-6-5-14(3,4)20-8-7-16/h10-11H,5-9H2,1-4H3,(H,15,19)(H,17,18)/t11-/m1/s1. The molecule has 1 atom stereocenters. The van der Waals surface area contributed by atoms with Gasteiger partial charge in [0.05, 0.1) is 0 Å². The smallest absolute Gasteiger partial charge is 0.326 e. The van der Waals surface area contributed by atoms with Crippen molar-refractivity contribution in [3.8, 4) is 0 Å². The minimum absolute atomic E-state index is 0.180. The molecule has 5 nitrogen and oxygen atoms in total. The summed E-state index contributed by atoms with van der Waals surface area (Å²) in [5.74, 6) is 0.161. The van der Waals surface area contributed by atoms with E-state index in [1.165, 1.54) is 0 Å². The van der Waals surface area contributed by atoms with Crippen LogP contribution in [0.1, 0.15) is 40.5 Å². The van der Waals surface area contributed by atoms with Crippen LogP contribution in [0.4, 0.5) is 4.79 Å². The van der Waals surface area contributed by atoms with E-state index in [4.69, 9.17) is 0 Å². The predicted molar refractivity (Wildman–Crippen MR) is 82.1 cm³/mol. The Morgan fingerprint density at radius 1 is 1.35 bits per heavy atom. The van der Waals surface area contributed by atoms with Gasteiger partial charge in [-0.2, -0.15) is 11.8 Å². The van der Waals surface area contributed by atoms with Crippen LogP contribution in [0.2, 0.25) is 0 Å². The molecule has 1 aliphatic heterocycles. The van der Waals surface area contributed by atoms with Crippen molar-refractivity contribution in [2.45, 2.75) is 51.3 Å². The number of amides is 2. The van der Waals surface area contributed by atoms with Crippen LogP contribution in [0.5, 0.6) is 0 Å². The number of carbonyl (C=O) groups excluding carboxylic acids is 1. The number of nitrogens with one attached hydrogen (secondary N) is 1. The highest BCUT2D eigenvalue weighted by Gasteiger charge is 2.28. The number of thioether (sulfide) groups is 1. The molecule has 1 rings (SSSR count). The molecule has 0 aromatic heterocycles. The van der Waals surface area contributed by atoms with Crippen LogP contribution in [0, 0.1) is 5.92 Å². The number of nitrogens with zero attached hydrogens (tertiary/aromatic N) is 1. The first-order chi connectivity index (χ1) is 9.21. The van der Waals surface area contributed by atoms with E-state index < -0.39 is 12.0 Å². The fraction of sp³-hybridized carbons (Fsp3) is 0.857. The van der Waals surface area contributed by atoms with Gasteiger partial charge in [0.15, 0.2) is 0 Å². The molecule has 1 saturated heterocycles. The summed E-state index contributed by atoms with van der Waals surface area (Å²) in [6.45, 7) is 9.62. The number of hydrogen-bond donors (Lipinski definition) is 2. The van der Waals surface area contributed by atoms with Crippen molar-refractivity contribution in [3.63, 3.8) is 0 Å². The van der Waals surface area contributed by atoms with E-state index >= 15 is 0 Å². The second kappa shape index (κ2) is 7.20. The van der Waals surface area contributed by atoms with Crippen molar-refractivity contribution in [1.29, 1.82) is 0 Å². The van der Waals surface area contributed by atoms with Gasteiger partial charge in [0.1, 0.15) is 6.04 Å². The third-order valence-corrected chi connectivity index (χ3v) is 4.80. The lowest BCUT2D eigenvalue weighted by molar-refractivity contribution is -0.139. The molecule has 1 heterocycles. The molecule has 0 saturated carbocycles. The Bertz CT molecular complexity index is 358. The van der Waals surface area contributed by atoms with E-state index in [2.05, 4.69) is 19.2 Å². The lowest BCUT2D eigenvalue weighted by Crippen LogP contribution is -2.49. The fourth-order valence-electron chi connectivity index (χ4n) is 2.16. The van der Waals surface area contributed by atoms with E-state index in [0.29, 0.717) is 19.5 Å². The zero-order chi connectivity index (χ0) is 15.3. The lowest BCUT2D eigenvalue weighted by atomic mass is 10.0. The van der Waals surface area contributed by atoms with Gasteiger partial charge in [-0.3, -0.25) is 0 Å². The maximum Gasteiger partial charge on any atom is 0.326 e. The molecule has 0 aromatic carbocycles. The predicted octanol–water partition coefficient (Wildman–Crippen LogP) is 2.41. The summed E-state index contributed by atoms with van der Waals surface area (Å²) in [5, 5.41) is 11.8. The summed E-state index contributed by atoms with van der Waals surface area (Å²) in [6, 6.07) is -1.05. The minimum Gasteiger partial charge on any atom is -0.480 e. The van der Waals surface area contributed by atoms with E-state index in [-0.39, 0.29) is 16.7 Å². The van der Waals surface area contributed by atoms with Crippen LogP contribution in [0.3, 0.4) is 0 Å². The lowest BCUT2D eigenvalue weighted by Gasteiger charge is -2.25. The van der Waals surface area contributed by atoms with Gasteiger partial charge < -0.3 is 15.3 Å². The topological polar surface area (TPSA) is 69.6 Å². The van der Waals surface area contributed by atoms with Gasteiger partial charge in [-0.15, -0.1) is 0 Å². The van der Waals surface area contributed by atoms with Gasteiger partial charge in [0.25, 0.3) is 0 Å². The van der Waals surface area contributed by atoms with Crippen LogP contribution in [0.15, 0.2) is 0 Å². The highest BCUT2D eigenvalue weighted by Crippen LogP contribution is 2.30. The zero-order valence-electron chi connectivity index (χ0n) is 12.8. The number of hydrogen-bond acceptors (Lipinski definition) is 3. The third-order valence-electron chi connectivity index (χ3n) is 3.43. The highest BCUT2D eigenvalue weighted by molar-refractivity contribution is 8.00. The normalized spacial score (nSPS) is 20.4. The van der Waals surface area contributed by atoms with E-state index in [9.17, 15) is 14.7 Å². The monoisotopic (exact) mass is 302 g/mol. The Morgan fingerprint density at radius 3 is 2.55 bits per heavy atom. The quantitative estimate of drug-likeness (QED) is 0.836. The first kappa shape index (κ1) is 17.1. The molecule has 2 amide bonds. The van der Waals surface area contributed by atoms with Crippen LogP contribution in [-0.2, 0) is 4.79 Å². The molecule has 0 aromatic rings. The summed E-state index contributed by atoms with van der Waals surface area (Å²) < 4.78 is 0.180. The summed E-state index contributed by atoms with van der Waals surface area (Å²) in [4.78, 5) is 25.1. The molecular formula is C14H26N2O3S. The molecule has 0 bridgehead atoms. The van der Waals surface area contributed by atoms with Crippen LogP contribution in [0.25, 0.3) is 0 Å². The Balaban J connectivity index is 2.58. The van der Waals surface area contributed by atoms with Crippen molar-refractivity contribution in [2.24, 2.45) is 5.92 Å². The van der Waals surface area contributed by atoms with Crippen molar-refractivity contribution in [1.82, 2.24) is 10.2 Å². The summed E-state index contributed by atoms with van der Waals surface area (Å²) in [5.41, 5.74) is 0. The first-order valence-corrected chi connectivity index (χ1v) is 8.12. The number of rotatable bonds is 4. The molecule has 0 aliphatic carbocycles. The molecule has 116 valence electrons. The largest absolute Gasteiger partial charge is 0.480 e. The Morgan fingerprint density at radius 2 is 2.00 bits per heavy atom. The second-order valence-corrected chi connectivity index (χ2v) is 8.12. The van der Waals surface area contributed by atoms with Crippen LogP contribution >= 0.6 is 11.8 Å². The maximum absolute atomic E-state index is 12.2. The van der Waals surface area contributed by atoms with E-state index in [1.807, 2.05) is 25.6 Å². The average Bonchev–Trinajstić information content (AvgIpc) is 2.48. The summed E-state index contributed by atoms with van der Waals surface area (Å²) in [6.07, 6.45) is 1.38. The van der Waals surface area contributed by atoms with Gasteiger partial charge in [0, 0.05) is 23.6 Å². The second-order valence-electron chi connectivity index (χ2n) is 6.32. The molecule has 6 heteroatoms. The zero-order valence-corrected chi connectivity index (χ0v) is 13.6. The Kier molecular flexibility index (Phi) is 6.17. The maximum atomic E-state index is 12.2. The van der Waals surface area contributed by atoms with Gasteiger partial charge in [0.2, 0.25) is 0 Å². The highest BCUT2D eigenvalue weighted by atomic mass is 32.2. The van der Waals surface area contributed by atoms with Gasteiger partial charge in [-0.05, 0) is 18.8 Å². The molecule has 20 heavy (non-hydrogen) atoms. The van der Waals surface area contributed by atoms with E-state index in [1.54, 1.807) is 4.90 Å². The molecular weight excluding hydrogens is 276 g/mol. The molecule has 1 fully saturated rings. The molecule has 1 aliphatic rings. The third kappa shape index (κ3) is 5.61. The average molecular weight is 302 g/mol. The van der Waals surface area contributed by atoms with Crippen molar-refractivity contribution >= 4 is 23.8 Å². The molecule has 0 radical (unpaired) electrons. The van der Waals surface area contributed by atoms with Crippen molar-refractivity contribution in [3.05, 3.63) is 0 Å². The molecule has 2 N–H and O–H groups in total. The summed E-state index contributed by atoms with van der Waals surface area (Å²) >= 11 is 1.86. The van der Waals surface area contributed by atoms with Crippen LogP contribution < -0.4 is 5.32 Å². The number of urea groups is 1. The van der Waals surface area contributed by atoms with Gasteiger partial charge in [-0.25, -0.2) is 9.59 Å².